The number of hydrogen-bond donors (Lipinski definition) is 0. The lowest BCUT2D eigenvalue weighted by Crippen LogP contribution is -2.14. The van der Waals surface area contributed by atoms with Crippen LogP contribution in [0.4, 0.5) is 0 Å². The maximum Gasteiger partial charge on any atom is 0.163 e. The zero-order chi connectivity index (χ0) is 17.6. The first-order valence-electron chi connectivity index (χ1n) is 8.17. The molecule has 1 fully saturated rings. The Labute approximate surface area is 146 Å². The minimum Gasteiger partial charge on any atom is -0.295 e. The van der Waals surface area contributed by atoms with Crippen LogP contribution in [0.25, 0.3) is 17.2 Å². The quantitative estimate of drug-likeness (QED) is 0.717. The van der Waals surface area contributed by atoms with Crippen molar-refractivity contribution < 1.29 is 8.42 Å². The summed E-state index contributed by atoms with van der Waals surface area (Å²) < 4.78 is 27.5. The van der Waals surface area contributed by atoms with Crippen molar-refractivity contribution in [3.05, 3.63) is 48.2 Å². The number of aromatic nitrogens is 5. The molecule has 0 aromatic carbocycles. The third-order valence-electron chi connectivity index (χ3n) is 4.62. The maximum atomic E-state index is 11.8. The summed E-state index contributed by atoms with van der Waals surface area (Å²) in [5.74, 6) is 1.13. The summed E-state index contributed by atoms with van der Waals surface area (Å²) in [6.07, 6.45) is 5.97. The minimum absolute atomic E-state index is 0.0979. The van der Waals surface area contributed by atoms with E-state index in [1.54, 1.807) is 12.4 Å². The van der Waals surface area contributed by atoms with Gasteiger partial charge in [-0.15, -0.1) is 0 Å². The van der Waals surface area contributed by atoms with Crippen molar-refractivity contribution in [1.82, 2.24) is 24.3 Å². The van der Waals surface area contributed by atoms with Gasteiger partial charge in [-0.1, -0.05) is 6.07 Å². The molecule has 1 aliphatic heterocycles. The minimum atomic E-state index is -2.96. The van der Waals surface area contributed by atoms with Crippen LogP contribution in [0.15, 0.2) is 36.8 Å². The number of pyridine rings is 1. The molecule has 1 aliphatic rings. The van der Waals surface area contributed by atoms with Crippen molar-refractivity contribution in [1.29, 1.82) is 0 Å². The summed E-state index contributed by atoms with van der Waals surface area (Å²) in [6, 6.07) is 5.61. The standard InChI is InChI=1S/C17H19N5O2S/c1-12-16(13(2)22(20-12)14-6-10-25(23,24)11-14)21-9-8-19-17(21)15-5-3-4-7-18-15/h3-5,7-9,14H,6,10-11H2,1-2H3. The number of hydrogen-bond acceptors (Lipinski definition) is 5. The topological polar surface area (TPSA) is 82.7 Å². The second-order valence-corrected chi connectivity index (χ2v) is 8.59. The van der Waals surface area contributed by atoms with E-state index in [9.17, 15) is 8.42 Å². The normalized spacial score (nSPS) is 19.4. The van der Waals surface area contributed by atoms with Crippen LogP contribution in [0.2, 0.25) is 0 Å². The van der Waals surface area contributed by atoms with Crippen LogP contribution in [-0.2, 0) is 9.84 Å². The van der Waals surface area contributed by atoms with Crippen LogP contribution in [0, 0.1) is 13.8 Å². The fourth-order valence-electron chi connectivity index (χ4n) is 3.50. The molecule has 1 unspecified atom stereocenters. The highest BCUT2D eigenvalue weighted by atomic mass is 32.2. The lowest BCUT2D eigenvalue weighted by molar-refractivity contribution is 0.485. The molecular weight excluding hydrogens is 338 g/mol. The summed E-state index contributed by atoms with van der Waals surface area (Å²) >= 11 is 0. The molecule has 4 rings (SSSR count). The van der Waals surface area contributed by atoms with E-state index in [0.29, 0.717) is 6.42 Å². The molecule has 130 valence electrons. The van der Waals surface area contributed by atoms with E-state index in [0.717, 1.165) is 28.6 Å². The van der Waals surface area contributed by atoms with E-state index in [1.807, 2.05) is 47.5 Å². The lowest BCUT2D eigenvalue weighted by atomic mass is 10.2. The molecule has 7 nitrogen and oxygen atoms in total. The second kappa shape index (κ2) is 5.80. The lowest BCUT2D eigenvalue weighted by Gasteiger charge is -2.12. The molecule has 0 N–H and O–H groups in total. The Morgan fingerprint density at radius 2 is 2.00 bits per heavy atom. The first-order valence-corrected chi connectivity index (χ1v) is 9.99. The molecule has 0 amide bonds. The maximum absolute atomic E-state index is 11.8. The van der Waals surface area contributed by atoms with Gasteiger partial charge in [0.25, 0.3) is 0 Å². The van der Waals surface area contributed by atoms with Crippen molar-refractivity contribution >= 4 is 9.84 Å². The summed E-state index contributed by atoms with van der Waals surface area (Å²) in [4.78, 5) is 8.82. The van der Waals surface area contributed by atoms with E-state index in [4.69, 9.17) is 0 Å². The largest absolute Gasteiger partial charge is 0.295 e. The van der Waals surface area contributed by atoms with E-state index in [2.05, 4.69) is 15.1 Å². The third-order valence-corrected chi connectivity index (χ3v) is 6.37. The van der Waals surface area contributed by atoms with Gasteiger partial charge >= 0.3 is 0 Å². The number of rotatable bonds is 3. The van der Waals surface area contributed by atoms with Gasteiger partial charge in [0.05, 0.1) is 34.6 Å². The monoisotopic (exact) mass is 357 g/mol. The molecule has 3 aromatic rings. The number of nitrogens with zero attached hydrogens (tertiary/aromatic N) is 5. The average molecular weight is 357 g/mol. The fraction of sp³-hybridized carbons (Fsp3) is 0.353. The van der Waals surface area contributed by atoms with Crippen LogP contribution in [0.1, 0.15) is 23.9 Å². The highest BCUT2D eigenvalue weighted by Crippen LogP contribution is 2.30. The second-order valence-electron chi connectivity index (χ2n) is 6.36. The van der Waals surface area contributed by atoms with Gasteiger partial charge in [0.1, 0.15) is 5.69 Å². The van der Waals surface area contributed by atoms with Gasteiger partial charge < -0.3 is 0 Å². The molecule has 3 aromatic heterocycles. The molecule has 25 heavy (non-hydrogen) atoms. The van der Waals surface area contributed by atoms with E-state index < -0.39 is 9.84 Å². The predicted octanol–water partition coefficient (Wildman–Crippen LogP) is 2.11. The molecule has 0 spiro atoms. The van der Waals surface area contributed by atoms with Gasteiger partial charge in [0, 0.05) is 18.6 Å². The smallest absolute Gasteiger partial charge is 0.163 e. The Bertz CT molecular complexity index is 1020. The van der Waals surface area contributed by atoms with Crippen molar-refractivity contribution in [3.63, 3.8) is 0 Å². The SMILES string of the molecule is Cc1nn(C2CCS(=O)(=O)C2)c(C)c1-n1ccnc1-c1ccccn1. The van der Waals surface area contributed by atoms with Gasteiger partial charge in [-0.25, -0.2) is 13.4 Å². The van der Waals surface area contributed by atoms with Crippen molar-refractivity contribution in [2.75, 3.05) is 11.5 Å². The van der Waals surface area contributed by atoms with E-state index >= 15 is 0 Å². The van der Waals surface area contributed by atoms with E-state index in [1.165, 1.54) is 0 Å². The predicted molar refractivity (Wildman–Crippen MR) is 94.4 cm³/mol. The summed E-state index contributed by atoms with van der Waals surface area (Å²) in [6.45, 7) is 3.91. The average Bonchev–Trinajstić information content (AvgIpc) is 3.26. The Kier molecular flexibility index (Phi) is 3.72. The van der Waals surface area contributed by atoms with Crippen LogP contribution in [-0.4, -0.2) is 44.2 Å². The van der Waals surface area contributed by atoms with Gasteiger partial charge in [-0.3, -0.25) is 14.2 Å². The molecule has 4 heterocycles. The van der Waals surface area contributed by atoms with Crippen LogP contribution in [0.3, 0.4) is 0 Å². The van der Waals surface area contributed by atoms with Crippen molar-refractivity contribution in [2.45, 2.75) is 26.3 Å². The molecule has 0 saturated carbocycles. The Balaban J connectivity index is 1.80. The van der Waals surface area contributed by atoms with Crippen molar-refractivity contribution in [3.8, 4) is 17.2 Å². The van der Waals surface area contributed by atoms with Gasteiger partial charge in [0.15, 0.2) is 15.7 Å². The van der Waals surface area contributed by atoms with Crippen LogP contribution >= 0.6 is 0 Å². The van der Waals surface area contributed by atoms with Crippen LogP contribution < -0.4 is 0 Å². The molecule has 1 saturated heterocycles. The Hall–Kier alpha value is -2.48. The zero-order valence-electron chi connectivity index (χ0n) is 14.1. The highest BCUT2D eigenvalue weighted by molar-refractivity contribution is 7.91. The molecule has 8 heteroatoms. The van der Waals surface area contributed by atoms with Gasteiger partial charge in [-0.2, -0.15) is 5.10 Å². The first kappa shape index (κ1) is 16.0. The Morgan fingerprint density at radius 1 is 1.16 bits per heavy atom. The van der Waals surface area contributed by atoms with Gasteiger partial charge in [-0.05, 0) is 32.4 Å². The highest BCUT2D eigenvalue weighted by Gasteiger charge is 2.32. The number of sulfone groups is 1. The summed E-state index contributed by atoms with van der Waals surface area (Å²) in [7, 11) is -2.96. The molecule has 1 atom stereocenters. The third kappa shape index (κ3) is 2.76. The number of aryl methyl sites for hydroxylation is 1. The molecule has 0 aliphatic carbocycles. The van der Waals surface area contributed by atoms with Crippen LogP contribution in [0.5, 0.6) is 0 Å². The zero-order valence-corrected chi connectivity index (χ0v) is 14.9. The molecule has 0 radical (unpaired) electrons. The van der Waals surface area contributed by atoms with Gasteiger partial charge in [0.2, 0.25) is 0 Å². The molecular formula is C17H19N5O2S. The fourth-order valence-corrected chi connectivity index (χ4v) is 5.19. The van der Waals surface area contributed by atoms with Crippen molar-refractivity contribution in [2.24, 2.45) is 0 Å². The van der Waals surface area contributed by atoms with E-state index in [-0.39, 0.29) is 17.5 Å². The first-order chi connectivity index (χ1) is 12.0. The number of imidazole rings is 1. The molecule has 0 bridgehead atoms. The Morgan fingerprint density at radius 3 is 2.68 bits per heavy atom. The summed E-state index contributed by atoms with van der Waals surface area (Å²) in [5.41, 5.74) is 3.50. The summed E-state index contributed by atoms with van der Waals surface area (Å²) in [5, 5.41) is 4.63.